The highest BCUT2D eigenvalue weighted by Crippen LogP contribution is 2.60. The molecule has 3 aliphatic rings. The van der Waals surface area contributed by atoms with Gasteiger partial charge in [-0.25, -0.2) is 0 Å². The van der Waals surface area contributed by atoms with Gasteiger partial charge in [0, 0.05) is 18.2 Å². The molecular weight excluding hydrogens is 370 g/mol. The average Bonchev–Trinajstić information content (AvgIpc) is 3.22. The molecule has 8 rings (SSSR count). The Labute approximate surface area is 173 Å². The summed E-state index contributed by atoms with van der Waals surface area (Å²) in [7, 11) is 0. The maximum Gasteiger partial charge on any atom is 0.318 e. The van der Waals surface area contributed by atoms with Crippen molar-refractivity contribution in [2.24, 2.45) is 0 Å². The summed E-state index contributed by atoms with van der Waals surface area (Å²) in [6.45, 7) is 4.31. The van der Waals surface area contributed by atoms with E-state index < -0.39 is 0 Å². The highest BCUT2D eigenvalue weighted by molar-refractivity contribution is 6.14. The molecule has 0 radical (unpaired) electrons. The van der Waals surface area contributed by atoms with Crippen LogP contribution in [0.4, 0.5) is 11.4 Å². The van der Waals surface area contributed by atoms with Gasteiger partial charge in [-0.3, -0.25) is 0 Å². The first-order valence-electron chi connectivity index (χ1n) is 10.3. The molecule has 1 unspecified atom stereocenters. The normalized spacial score (nSPS) is 18.7. The maximum atomic E-state index is 6.58. The molecule has 3 aromatic carbocycles. The number of benzene rings is 3. The molecule has 4 nitrogen and oxygen atoms in total. The summed E-state index contributed by atoms with van der Waals surface area (Å²) >= 11 is 0. The second-order valence-corrected chi connectivity index (χ2v) is 8.66. The fraction of sp³-hybridized carbons (Fsp3) is 0.0769. The maximum absolute atomic E-state index is 6.58. The van der Waals surface area contributed by atoms with E-state index in [0.717, 1.165) is 11.5 Å². The van der Waals surface area contributed by atoms with Gasteiger partial charge in [0.1, 0.15) is 10.9 Å². The minimum atomic E-state index is 0.490. The number of rotatable bonds is 0. The number of hydrogen-bond acceptors (Lipinski definition) is 1. The van der Waals surface area contributed by atoms with E-state index in [-0.39, 0.29) is 0 Å². The standard InChI is InChI=1S/C26H18N3O/c1-15-9-11-27-20(13-15)19-12-16(2)14-22-25(19)29(27)26-21(30-22)8-7-17-5-6-18-4-3-10-28(29)24(18)23(17)26/h3-14H,1-2H3/q+3. The second kappa shape index (κ2) is 4.53. The Morgan fingerprint density at radius 3 is 2.53 bits per heavy atom. The molecule has 0 N–H and O–H groups in total. The van der Waals surface area contributed by atoms with Crippen molar-refractivity contribution in [2.75, 3.05) is 0 Å². The number of nitrogens with zero attached hydrogens (tertiary/aromatic N) is 3. The first-order chi connectivity index (χ1) is 14.7. The summed E-state index contributed by atoms with van der Waals surface area (Å²) in [6, 6.07) is 22.1. The van der Waals surface area contributed by atoms with Crippen molar-refractivity contribution in [2.45, 2.75) is 13.8 Å². The van der Waals surface area contributed by atoms with Crippen LogP contribution in [0.1, 0.15) is 11.1 Å². The van der Waals surface area contributed by atoms with E-state index >= 15 is 0 Å². The van der Waals surface area contributed by atoms with Gasteiger partial charge in [-0.2, -0.15) is 0 Å². The van der Waals surface area contributed by atoms with E-state index in [1.807, 2.05) is 0 Å². The van der Waals surface area contributed by atoms with Crippen LogP contribution in [0.15, 0.2) is 73.1 Å². The Hall–Kier alpha value is -3.76. The molecule has 3 aliphatic heterocycles. The van der Waals surface area contributed by atoms with Crippen molar-refractivity contribution in [3.63, 3.8) is 0 Å². The Bertz CT molecular complexity index is 1650. The van der Waals surface area contributed by atoms with Crippen molar-refractivity contribution in [3.8, 4) is 22.8 Å². The minimum Gasteiger partial charge on any atom is -0.444 e. The van der Waals surface area contributed by atoms with Crippen LogP contribution < -0.4 is 18.8 Å². The second-order valence-electron chi connectivity index (χ2n) is 8.66. The molecule has 5 aromatic rings. The molecule has 5 heterocycles. The third kappa shape index (κ3) is 1.38. The number of aryl methyl sites for hydroxylation is 2. The van der Waals surface area contributed by atoms with E-state index in [1.165, 1.54) is 55.4 Å². The summed E-state index contributed by atoms with van der Waals surface area (Å²) in [5.74, 6) is 1.87. The Morgan fingerprint density at radius 2 is 1.60 bits per heavy atom. The molecule has 0 bridgehead atoms. The lowest BCUT2D eigenvalue weighted by Crippen LogP contribution is -2.81. The van der Waals surface area contributed by atoms with Crippen LogP contribution in [-0.2, 0) is 0 Å². The summed E-state index contributed by atoms with van der Waals surface area (Å²) in [6.07, 6.45) is 4.45. The molecule has 0 saturated carbocycles. The van der Waals surface area contributed by atoms with Gasteiger partial charge in [0.2, 0.25) is 23.9 Å². The van der Waals surface area contributed by atoms with E-state index in [9.17, 15) is 0 Å². The molecule has 2 aromatic heterocycles. The summed E-state index contributed by atoms with van der Waals surface area (Å²) in [5.41, 5.74) is 8.59. The van der Waals surface area contributed by atoms with Crippen LogP contribution >= 0.6 is 0 Å². The molecule has 30 heavy (non-hydrogen) atoms. The molecule has 0 fully saturated rings. The third-order valence-electron chi connectivity index (χ3n) is 6.91. The lowest BCUT2D eigenvalue weighted by atomic mass is 10.0. The SMILES string of the molecule is Cc1cc2c3c(c1)-c1cc(C)cc[n+]1[N+]31c3c(ccc4ccc5ccc[n+]1c5c34)O2. The monoisotopic (exact) mass is 388 g/mol. The number of quaternary nitrogens is 1. The van der Waals surface area contributed by atoms with Crippen LogP contribution in [0, 0.1) is 13.8 Å². The van der Waals surface area contributed by atoms with Crippen LogP contribution in [0.25, 0.3) is 32.9 Å². The molecule has 4 heteroatoms. The summed E-state index contributed by atoms with van der Waals surface area (Å²) in [4.78, 5) is 0. The predicted molar refractivity (Wildman–Crippen MR) is 116 cm³/mol. The zero-order chi connectivity index (χ0) is 19.8. The van der Waals surface area contributed by atoms with Crippen molar-refractivity contribution in [3.05, 3.63) is 84.2 Å². The lowest BCUT2D eigenvalue weighted by Gasteiger charge is -2.23. The van der Waals surface area contributed by atoms with Gasteiger partial charge >= 0.3 is 11.4 Å². The Kier molecular flexibility index (Phi) is 2.28. The van der Waals surface area contributed by atoms with Gasteiger partial charge in [0.25, 0.3) is 11.2 Å². The number of pyridine rings is 2. The largest absolute Gasteiger partial charge is 0.444 e. The first-order valence-corrected chi connectivity index (χ1v) is 10.3. The van der Waals surface area contributed by atoms with Gasteiger partial charge in [-0.15, -0.1) is 0 Å². The number of ether oxygens (including phenoxy) is 1. The number of hydrogen-bond donors (Lipinski definition) is 0. The van der Waals surface area contributed by atoms with E-state index in [0.29, 0.717) is 4.70 Å². The molecule has 0 saturated heterocycles. The minimum absolute atomic E-state index is 0.490. The molecular formula is C26H18N3O+3. The molecule has 0 amide bonds. The van der Waals surface area contributed by atoms with Crippen LogP contribution in [-0.4, -0.2) is 0 Å². The Morgan fingerprint density at radius 1 is 0.733 bits per heavy atom. The fourth-order valence-corrected chi connectivity index (χ4v) is 5.85. The molecule has 1 spiro atoms. The topological polar surface area (TPSA) is 17.0 Å². The summed E-state index contributed by atoms with van der Waals surface area (Å²) in [5, 5.41) is 3.78. The van der Waals surface area contributed by atoms with Gasteiger partial charge in [-0.1, -0.05) is 6.07 Å². The zero-order valence-electron chi connectivity index (χ0n) is 16.7. The lowest BCUT2D eigenvalue weighted by molar-refractivity contribution is -1.02. The molecule has 1 atom stereocenters. The van der Waals surface area contributed by atoms with Gasteiger partial charge in [0.15, 0.2) is 4.70 Å². The van der Waals surface area contributed by atoms with Crippen LogP contribution in [0.5, 0.6) is 11.5 Å². The van der Waals surface area contributed by atoms with Crippen molar-refractivity contribution in [1.82, 2.24) is 4.70 Å². The predicted octanol–water partition coefficient (Wildman–Crippen LogP) is 5.15. The highest BCUT2D eigenvalue weighted by Gasteiger charge is 2.71. The van der Waals surface area contributed by atoms with Gasteiger partial charge in [0.05, 0.1) is 14.7 Å². The average molecular weight is 388 g/mol. The smallest absolute Gasteiger partial charge is 0.318 e. The number of aromatic nitrogens is 2. The third-order valence-corrected chi connectivity index (χ3v) is 6.91. The first kappa shape index (κ1) is 15.1. The van der Waals surface area contributed by atoms with Gasteiger partial charge < -0.3 is 4.74 Å². The van der Waals surface area contributed by atoms with Crippen LogP contribution in [0.3, 0.4) is 0 Å². The van der Waals surface area contributed by atoms with Crippen molar-refractivity contribution in [1.29, 1.82) is 0 Å². The quantitative estimate of drug-likeness (QED) is 0.199. The summed E-state index contributed by atoms with van der Waals surface area (Å²) < 4.78 is 11.9. The van der Waals surface area contributed by atoms with Crippen molar-refractivity contribution < 1.29 is 14.1 Å². The van der Waals surface area contributed by atoms with E-state index in [2.05, 4.69) is 96.3 Å². The molecule has 0 aliphatic carbocycles. The van der Waals surface area contributed by atoms with Crippen LogP contribution in [0.2, 0.25) is 0 Å². The zero-order valence-corrected chi connectivity index (χ0v) is 16.7. The molecule has 140 valence electrons. The van der Waals surface area contributed by atoms with Crippen molar-refractivity contribution >= 4 is 33.1 Å². The van der Waals surface area contributed by atoms with E-state index in [1.54, 1.807) is 0 Å². The highest BCUT2D eigenvalue weighted by atomic mass is 16.5. The van der Waals surface area contributed by atoms with E-state index in [4.69, 9.17) is 4.74 Å². The van der Waals surface area contributed by atoms with Gasteiger partial charge in [-0.05, 0) is 66.8 Å². The Balaban J connectivity index is 1.72. The number of fused-ring (bicyclic) bond motifs is 2. The fourth-order valence-electron chi connectivity index (χ4n) is 5.85.